The second-order valence-corrected chi connectivity index (χ2v) is 4.58. The maximum atomic E-state index is 9.02. The lowest BCUT2D eigenvalue weighted by Crippen LogP contribution is -2.38. The molecule has 0 radical (unpaired) electrons. The van der Waals surface area contributed by atoms with Crippen molar-refractivity contribution in [3.63, 3.8) is 0 Å². The minimum Gasteiger partial charge on any atom is -0.280 e. The molecular weight excluding hydrogens is 226 g/mol. The first kappa shape index (κ1) is 12.6. The summed E-state index contributed by atoms with van der Waals surface area (Å²) in [5.41, 5.74) is 0.777. The summed E-state index contributed by atoms with van der Waals surface area (Å²) in [6.45, 7) is 2.57. The van der Waals surface area contributed by atoms with Gasteiger partial charge in [0.25, 0.3) is 0 Å². The predicted molar refractivity (Wildman–Crippen MR) is 65.8 cm³/mol. The van der Waals surface area contributed by atoms with Gasteiger partial charge in [-0.1, -0.05) is 30.3 Å². The molecule has 0 bridgehead atoms. The van der Waals surface area contributed by atoms with Gasteiger partial charge in [0, 0.05) is 13.0 Å². The van der Waals surface area contributed by atoms with Gasteiger partial charge >= 0.3 is 0 Å². The Balaban J connectivity index is 2.28. The van der Waals surface area contributed by atoms with E-state index in [4.69, 9.17) is 15.4 Å². The van der Waals surface area contributed by atoms with Crippen molar-refractivity contribution >= 4 is 0 Å². The van der Waals surface area contributed by atoms with Crippen molar-refractivity contribution in [2.45, 2.75) is 31.4 Å². The fourth-order valence-electron chi connectivity index (χ4n) is 2.35. The molecule has 1 heterocycles. The largest absolute Gasteiger partial charge is 0.280 e. The molecule has 1 unspecified atom stereocenters. The fourth-order valence-corrected chi connectivity index (χ4v) is 2.35. The van der Waals surface area contributed by atoms with Crippen molar-refractivity contribution < 1.29 is 4.84 Å². The molecule has 1 fully saturated rings. The fraction of sp³-hybridized carbons (Fsp3) is 0.429. The average Bonchev–Trinajstić information content (AvgIpc) is 2.75. The topological polar surface area (TPSA) is 60.0 Å². The third-order valence-corrected chi connectivity index (χ3v) is 3.35. The molecule has 1 aliphatic heterocycles. The monoisotopic (exact) mass is 241 g/mol. The van der Waals surface area contributed by atoms with Crippen molar-refractivity contribution in [3.8, 4) is 12.1 Å². The molecule has 0 spiro atoms. The first-order chi connectivity index (χ1) is 8.70. The molecule has 2 rings (SSSR count). The number of hydrogen-bond acceptors (Lipinski definition) is 4. The van der Waals surface area contributed by atoms with Crippen LogP contribution >= 0.6 is 0 Å². The van der Waals surface area contributed by atoms with Gasteiger partial charge < -0.3 is 0 Å². The van der Waals surface area contributed by atoms with E-state index in [1.807, 2.05) is 30.3 Å². The van der Waals surface area contributed by atoms with Crippen LogP contribution in [0.25, 0.3) is 0 Å². The first-order valence-electron chi connectivity index (χ1n) is 5.97. The summed E-state index contributed by atoms with van der Waals surface area (Å²) in [6.07, 6.45) is 0.577. The second-order valence-electron chi connectivity index (χ2n) is 4.58. The summed E-state index contributed by atoms with van der Waals surface area (Å²) in [6, 6.07) is 14.2. The molecule has 1 aromatic carbocycles. The zero-order valence-corrected chi connectivity index (χ0v) is 10.3. The molecule has 1 saturated heterocycles. The summed E-state index contributed by atoms with van der Waals surface area (Å²) >= 11 is 0. The lowest BCUT2D eigenvalue weighted by molar-refractivity contribution is -0.174. The van der Waals surface area contributed by atoms with Crippen molar-refractivity contribution in [1.82, 2.24) is 5.06 Å². The van der Waals surface area contributed by atoms with Gasteiger partial charge in [-0.15, -0.1) is 0 Å². The van der Waals surface area contributed by atoms with E-state index in [1.165, 1.54) is 0 Å². The molecule has 18 heavy (non-hydrogen) atoms. The van der Waals surface area contributed by atoms with E-state index in [0.29, 0.717) is 19.4 Å². The molecule has 0 N–H and O–H groups in total. The highest BCUT2D eigenvalue weighted by Crippen LogP contribution is 2.39. The minimum atomic E-state index is -0.436. The maximum absolute atomic E-state index is 9.02. The molecule has 4 heteroatoms. The first-order valence-corrected chi connectivity index (χ1v) is 5.97. The highest BCUT2D eigenvalue weighted by Gasteiger charge is 2.44. The summed E-state index contributed by atoms with van der Waals surface area (Å²) in [5, 5.41) is 19.5. The van der Waals surface area contributed by atoms with Crippen LogP contribution in [0.2, 0.25) is 0 Å². The number of rotatable bonds is 3. The zero-order valence-electron chi connectivity index (χ0n) is 10.3. The highest BCUT2D eigenvalue weighted by atomic mass is 16.7. The van der Waals surface area contributed by atoms with Gasteiger partial charge in [-0.05, 0) is 12.5 Å². The van der Waals surface area contributed by atoms with Crippen LogP contribution in [0.3, 0.4) is 0 Å². The van der Waals surface area contributed by atoms with Gasteiger partial charge in [-0.2, -0.15) is 15.6 Å². The smallest absolute Gasteiger partial charge is 0.167 e. The number of nitriles is 2. The summed E-state index contributed by atoms with van der Waals surface area (Å²) < 4.78 is 0. The Kier molecular flexibility index (Phi) is 3.62. The molecule has 0 saturated carbocycles. The maximum Gasteiger partial charge on any atom is 0.167 e. The Bertz CT molecular complexity index is 488. The van der Waals surface area contributed by atoms with Crippen molar-refractivity contribution in [2.75, 3.05) is 6.54 Å². The number of nitrogens with zero attached hydrogens (tertiary/aromatic N) is 3. The van der Waals surface area contributed by atoms with Gasteiger partial charge in [0.2, 0.25) is 0 Å². The minimum absolute atomic E-state index is 0.335. The van der Waals surface area contributed by atoms with E-state index in [2.05, 4.69) is 19.1 Å². The van der Waals surface area contributed by atoms with E-state index in [1.54, 1.807) is 5.06 Å². The molecule has 0 amide bonds. The number of benzene rings is 1. The summed E-state index contributed by atoms with van der Waals surface area (Å²) in [7, 11) is 0. The third-order valence-electron chi connectivity index (χ3n) is 3.35. The molecule has 4 nitrogen and oxygen atoms in total. The van der Waals surface area contributed by atoms with Crippen molar-refractivity contribution in [1.29, 1.82) is 10.5 Å². The van der Waals surface area contributed by atoms with E-state index in [-0.39, 0.29) is 5.54 Å². The van der Waals surface area contributed by atoms with Crippen molar-refractivity contribution in [3.05, 3.63) is 35.9 Å². The Morgan fingerprint density at radius 3 is 2.72 bits per heavy atom. The van der Waals surface area contributed by atoms with Gasteiger partial charge in [0.05, 0.1) is 24.1 Å². The van der Waals surface area contributed by atoms with Crippen LogP contribution in [0.4, 0.5) is 0 Å². The molecule has 1 aromatic rings. The van der Waals surface area contributed by atoms with E-state index in [0.717, 1.165) is 5.56 Å². The van der Waals surface area contributed by atoms with Gasteiger partial charge in [-0.3, -0.25) is 4.84 Å². The SMILES string of the molecule is C[C@@]1(c2ccccc2)CC(C#N)ON1CCC#N. The van der Waals surface area contributed by atoms with Gasteiger partial charge in [-0.25, -0.2) is 0 Å². The Hall–Kier alpha value is -1.88. The normalized spacial score (nSPS) is 27.6. The van der Waals surface area contributed by atoms with Crippen LogP contribution in [0.5, 0.6) is 0 Å². The standard InChI is InChI=1S/C14H15N3O/c1-14(12-6-3-2-4-7-12)10-13(11-16)18-17(14)9-5-8-15/h2-4,6-7,13H,5,9-10H2,1H3/t13?,14-/m0/s1. The van der Waals surface area contributed by atoms with Crippen LogP contribution in [0, 0.1) is 22.7 Å². The molecule has 92 valence electrons. The van der Waals surface area contributed by atoms with E-state index >= 15 is 0 Å². The number of hydroxylamine groups is 2. The summed E-state index contributed by atoms with van der Waals surface area (Å²) in [4.78, 5) is 5.60. The highest BCUT2D eigenvalue weighted by molar-refractivity contribution is 5.25. The van der Waals surface area contributed by atoms with Gasteiger partial charge in [0.1, 0.15) is 0 Å². The predicted octanol–water partition coefficient (Wildman–Crippen LogP) is 2.34. The quantitative estimate of drug-likeness (QED) is 0.815. The lowest BCUT2D eigenvalue weighted by atomic mass is 9.87. The lowest BCUT2D eigenvalue weighted by Gasteiger charge is -2.32. The molecule has 2 atom stereocenters. The van der Waals surface area contributed by atoms with Crippen LogP contribution in [0.15, 0.2) is 30.3 Å². The Labute approximate surface area is 107 Å². The molecule has 1 aliphatic rings. The van der Waals surface area contributed by atoms with Crippen LogP contribution in [-0.4, -0.2) is 17.7 Å². The number of hydrogen-bond donors (Lipinski definition) is 0. The molecular formula is C14H15N3O. The van der Waals surface area contributed by atoms with E-state index in [9.17, 15) is 0 Å². The third kappa shape index (κ3) is 2.22. The van der Waals surface area contributed by atoms with Crippen LogP contribution in [0.1, 0.15) is 25.3 Å². The Morgan fingerprint density at radius 2 is 2.11 bits per heavy atom. The van der Waals surface area contributed by atoms with Crippen LogP contribution in [-0.2, 0) is 10.4 Å². The molecule has 0 aliphatic carbocycles. The summed E-state index contributed by atoms with van der Waals surface area (Å²) in [5.74, 6) is 0. The molecule has 0 aromatic heterocycles. The van der Waals surface area contributed by atoms with Gasteiger partial charge in [0.15, 0.2) is 6.10 Å². The average molecular weight is 241 g/mol. The van der Waals surface area contributed by atoms with Crippen LogP contribution < -0.4 is 0 Å². The zero-order chi connectivity index (χ0) is 13.0. The van der Waals surface area contributed by atoms with Crippen molar-refractivity contribution in [2.24, 2.45) is 0 Å². The van der Waals surface area contributed by atoms with E-state index < -0.39 is 6.10 Å². The Morgan fingerprint density at radius 1 is 1.39 bits per heavy atom. The second kappa shape index (κ2) is 5.18.